The predicted molar refractivity (Wildman–Crippen MR) is 202 cm³/mol. The van der Waals surface area contributed by atoms with Gasteiger partial charge in [-0.15, -0.1) is 0 Å². The molecule has 6 aliphatic carbocycles. The summed E-state index contributed by atoms with van der Waals surface area (Å²) in [7, 11) is 0. The quantitative estimate of drug-likeness (QED) is 0.269. The van der Waals surface area contributed by atoms with Crippen LogP contribution in [-0.2, 0) is 36.6 Å². The summed E-state index contributed by atoms with van der Waals surface area (Å²) >= 11 is 0. The zero-order chi connectivity index (χ0) is 36.3. The van der Waals surface area contributed by atoms with Crippen LogP contribution in [0, 0.1) is 63.6 Å². The van der Waals surface area contributed by atoms with Crippen molar-refractivity contribution in [1.29, 1.82) is 0 Å². The van der Waals surface area contributed by atoms with Crippen molar-refractivity contribution in [3.63, 3.8) is 0 Å². The van der Waals surface area contributed by atoms with Crippen LogP contribution in [-0.4, -0.2) is 42.5 Å². The summed E-state index contributed by atoms with van der Waals surface area (Å²) in [6, 6.07) is 5.00. The molecule has 1 aromatic carbocycles. The highest BCUT2D eigenvalue weighted by Crippen LogP contribution is 2.71. The van der Waals surface area contributed by atoms with Crippen LogP contribution < -0.4 is 4.74 Å². The van der Waals surface area contributed by atoms with E-state index in [1.54, 1.807) is 12.5 Å². The van der Waals surface area contributed by atoms with E-state index in [0.29, 0.717) is 47.0 Å². The van der Waals surface area contributed by atoms with Crippen LogP contribution >= 0.6 is 0 Å². The van der Waals surface area contributed by atoms with Crippen molar-refractivity contribution in [3.8, 4) is 5.75 Å². The number of ether oxygens (including phenoxy) is 5. The third-order valence-electron chi connectivity index (χ3n) is 19.3. The van der Waals surface area contributed by atoms with Crippen molar-refractivity contribution in [2.45, 2.75) is 180 Å². The van der Waals surface area contributed by atoms with Gasteiger partial charge in [0.05, 0.1) is 18.8 Å². The average molecular weight is 727 g/mol. The maximum absolute atomic E-state index is 12.0. The second kappa shape index (κ2) is 11.5. The number of aryl methyl sites for hydroxylation is 1. The Morgan fingerprint density at radius 2 is 1.60 bits per heavy atom. The minimum Gasteiger partial charge on any atom is -0.462 e. The molecule has 4 heterocycles. The Morgan fingerprint density at radius 3 is 2.42 bits per heavy atom. The van der Waals surface area contributed by atoms with E-state index in [-0.39, 0.29) is 34.8 Å². The number of benzene rings is 1. The van der Waals surface area contributed by atoms with Crippen LogP contribution in [0.4, 0.5) is 0 Å². The first-order valence-corrected chi connectivity index (χ1v) is 22.4. The number of rotatable bonds is 1. The fourth-order valence-electron chi connectivity index (χ4n) is 16.7. The molecule has 2 spiro atoms. The van der Waals surface area contributed by atoms with Gasteiger partial charge >= 0.3 is 5.97 Å². The largest absolute Gasteiger partial charge is 0.462 e. The summed E-state index contributed by atoms with van der Waals surface area (Å²) in [5, 5.41) is 0. The molecule has 4 aliphatic heterocycles. The zero-order valence-corrected chi connectivity index (χ0v) is 33.6. The van der Waals surface area contributed by atoms with E-state index < -0.39 is 5.79 Å². The zero-order valence-electron chi connectivity index (χ0n) is 33.6. The van der Waals surface area contributed by atoms with Gasteiger partial charge in [0.2, 0.25) is 5.79 Å². The van der Waals surface area contributed by atoms with Gasteiger partial charge in [-0.1, -0.05) is 40.7 Å². The van der Waals surface area contributed by atoms with Crippen LogP contribution in [0.15, 0.2) is 12.1 Å². The number of esters is 1. The average Bonchev–Trinajstić information content (AvgIpc) is 3.82. The van der Waals surface area contributed by atoms with Gasteiger partial charge in [0.25, 0.3) is 0 Å². The van der Waals surface area contributed by atoms with Crippen molar-refractivity contribution in [2.75, 3.05) is 6.61 Å². The Morgan fingerprint density at radius 1 is 0.774 bits per heavy atom. The predicted octanol–water partition coefficient (Wildman–Crippen LogP) is 9.93. The Bertz CT molecular complexity index is 1680. The molecule has 290 valence electrons. The van der Waals surface area contributed by atoms with E-state index in [9.17, 15) is 4.79 Å². The smallest absolute Gasteiger partial charge is 0.302 e. The molecule has 3 saturated heterocycles. The van der Waals surface area contributed by atoms with E-state index in [4.69, 9.17) is 23.7 Å². The Hall–Kier alpha value is -1.63. The molecule has 0 N–H and O–H groups in total. The lowest BCUT2D eigenvalue weighted by atomic mass is 9.47. The minimum atomic E-state index is -0.501. The summed E-state index contributed by atoms with van der Waals surface area (Å²) in [5.41, 5.74) is 5.19. The topological polar surface area (TPSA) is 63.2 Å². The normalized spacial score (nSPS) is 54.5. The van der Waals surface area contributed by atoms with Gasteiger partial charge in [0.15, 0.2) is 5.79 Å². The highest BCUT2D eigenvalue weighted by Gasteiger charge is 2.70. The van der Waals surface area contributed by atoms with Crippen molar-refractivity contribution in [1.82, 2.24) is 0 Å². The lowest BCUT2D eigenvalue weighted by molar-refractivity contribution is -0.292. The molecule has 11 rings (SSSR count). The molecule has 0 amide bonds. The number of hydrogen-bond acceptors (Lipinski definition) is 6. The Kier molecular flexibility index (Phi) is 7.50. The fraction of sp³-hybridized carbons (Fsp3) is 0.851. The highest BCUT2D eigenvalue weighted by molar-refractivity contribution is 5.66. The Labute approximate surface area is 318 Å². The number of fused-ring (bicyclic) bond motifs is 13. The lowest BCUT2D eigenvalue weighted by Gasteiger charge is -2.61. The van der Waals surface area contributed by atoms with Crippen molar-refractivity contribution in [2.24, 2.45) is 63.6 Å². The monoisotopic (exact) mass is 726 g/mol. The number of carbonyl (C=O) groups excluding carboxylic acids is 1. The minimum absolute atomic E-state index is 0.0893. The first kappa shape index (κ1) is 34.6. The summed E-state index contributed by atoms with van der Waals surface area (Å²) in [5.74, 6) is 6.13. The van der Waals surface area contributed by atoms with Crippen LogP contribution in [0.2, 0.25) is 0 Å². The van der Waals surface area contributed by atoms with Gasteiger partial charge in [-0.05, 0) is 159 Å². The second-order valence-corrected chi connectivity index (χ2v) is 21.6. The second-order valence-electron chi connectivity index (χ2n) is 21.6. The molecule has 0 bridgehead atoms. The van der Waals surface area contributed by atoms with Crippen LogP contribution in [0.1, 0.15) is 154 Å². The Balaban J connectivity index is 0.791. The molecule has 8 fully saturated rings. The van der Waals surface area contributed by atoms with Crippen molar-refractivity contribution in [3.05, 3.63) is 28.8 Å². The third kappa shape index (κ3) is 4.70. The van der Waals surface area contributed by atoms with E-state index in [2.05, 4.69) is 46.8 Å². The molecular formula is C47H66O6. The molecule has 53 heavy (non-hydrogen) atoms. The van der Waals surface area contributed by atoms with Gasteiger partial charge in [0.1, 0.15) is 11.9 Å². The standard InChI is InChI=1S/C47H66O6/c1-26-13-18-47(49-25-26)27(2)42-39(52-47)23-37-33-9-11-41-44(5,36(33)15-17-45(37,42)6)19-20-46(53-41)24-30-21-34-29(22-38(30)51-46)7-8-32-31(34)14-16-43(4)35(32)10-12-40(43)50-28(3)48/h21-22,26-27,31-33,35-37,39-42H,7-20,23-25H2,1-6H3/t26?,27-,31?,32?,33?,35?,36?,37?,39-,40-,41-,42-,43-,44+,45-,46-,47+/m0/s1. The molecule has 0 radical (unpaired) electrons. The van der Waals surface area contributed by atoms with E-state index in [1.807, 2.05) is 0 Å². The molecule has 6 nitrogen and oxygen atoms in total. The summed E-state index contributed by atoms with van der Waals surface area (Å²) in [6.07, 6.45) is 19.4. The van der Waals surface area contributed by atoms with Gasteiger partial charge in [0, 0.05) is 43.1 Å². The fourth-order valence-corrected chi connectivity index (χ4v) is 16.7. The van der Waals surface area contributed by atoms with Gasteiger partial charge < -0.3 is 23.7 Å². The van der Waals surface area contributed by atoms with Crippen LogP contribution in [0.3, 0.4) is 0 Å². The molecule has 10 aliphatic rings. The SMILES string of the molecule is CC(=O)O[C@H]1CCC2C3CCc4cc5c(cc4C3CC[C@@]21C)C[C@@]1(CC[C@]2(C)C3CC[C@@]4(C)C(C[C@@H]6O[C@]7(CCC(C)CO7)[C@@H](C)[C@@H]64)C3CC[C@@H]2O1)O5. The number of carbonyl (C=O) groups is 1. The molecule has 5 saturated carbocycles. The molecule has 7 unspecified atom stereocenters. The lowest BCUT2D eigenvalue weighted by Crippen LogP contribution is -2.60. The summed E-state index contributed by atoms with van der Waals surface area (Å²) in [6.45, 7) is 14.9. The summed E-state index contributed by atoms with van der Waals surface area (Å²) < 4.78 is 34.0. The maximum atomic E-state index is 12.0. The van der Waals surface area contributed by atoms with Crippen LogP contribution in [0.25, 0.3) is 0 Å². The summed E-state index contributed by atoms with van der Waals surface area (Å²) in [4.78, 5) is 12.0. The third-order valence-corrected chi connectivity index (χ3v) is 19.3. The van der Waals surface area contributed by atoms with Crippen molar-refractivity contribution >= 4 is 5.97 Å². The molecule has 1 aromatic rings. The van der Waals surface area contributed by atoms with Crippen molar-refractivity contribution < 1.29 is 28.5 Å². The number of hydrogen-bond donors (Lipinski definition) is 0. The maximum Gasteiger partial charge on any atom is 0.302 e. The van der Waals surface area contributed by atoms with Crippen LogP contribution in [0.5, 0.6) is 5.75 Å². The van der Waals surface area contributed by atoms with E-state index in [0.717, 1.165) is 75.1 Å². The van der Waals surface area contributed by atoms with Gasteiger partial charge in [-0.3, -0.25) is 4.79 Å². The molecule has 17 atom stereocenters. The van der Waals surface area contributed by atoms with Gasteiger partial charge in [-0.2, -0.15) is 0 Å². The molecule has 6 heteroatoms. The van der Waals surface area contributed by atoms with Gasteiger partial charge in [-0.25, -0.2) is 0 Å². The molecule has 0 aromatic heterocycles. The first-order chi connectivity index (χ1) is 25.3. The van der Waals surface area contributed by atoms with E-state index in [1.165, 1.54) is 68.9 Å². The first-order valence-electron chi connectivity index (χ1n) is 22.4. The highest BCUT2D eigenvalue weighted by atomic mass is 16.7. The van der Waals surface area contributed by atoms with E-state index >= 15 is 0 Å². The molecular weight excluding hydrogens is 661 g/mol.